The molecule has 20 heavy (non-hydrogen) atoms. The zero-order chi connectivity index (χ0) is 14.5. The molecule has 0 saturated carbocycles. The predicted octanol–water partition coefficient (Wildman–Crippen LogP) is 5.33. The van der Waals surface area contributed by atoms with E-state index < -0.39 is 0 Å². The van der Waals surface area contributed by atoms with Crippen LogP contribution in [0.2, 0.25) is 0 Å². The standard InChI is InChI=1S/C17H20BrNS/c1-12-4-5-14(10-17(12)18)11-19-13(2)15-6-8-16(20-3)9-7-15/h4-10,13,19H,11H2,1-3H3. The van der Waals surface area contributed by atoms with Gasteiger partial charge in [-0.15, -0.1) is 11.8 Å². The maximum atomic E-state index is 3.58. The second-order valence-corrected chi connectivity index (χ2v) is 6.69. The fraction of sp³-hybridized carbons (Fsp3) is 0.294. The predicted molar refractivity (Wildman–Crippen MR) is 92.4 cm³/mol. The molecule has 0 aliphatic carbocycles. The van der Waals surface area contributed by atoms with Crippen LogP contribution in [0.3, 0.4) is 0 Å². The van der Waals surface area contributed by atoms with Gasteiger partial charge in [0.05, 0.1) is 0 Å². The summed E-state index contributed by atoms with van der Waals surface area (Å²) < 4.78 is 1.17. The van der Waals surface area contributed by atoms with Crippen LogP contribution in [0.5, 0.6) is 0 Å². The lowest BCUT2D eigenvalue weighted by Crippen LogP contribution is -2.18. The Balaban J connectivity index is 1.96. The maximum absolute atomic E-state index is 3.58. The van der Waals surface area contributed by atoms with Crippen LogP contribution >= 0.6 is 27.7 Å². The molecular formula is C17H20BrNS. The number of nitrogens with one attached hydrogen (secondary N) is 1. The molecule has 0 bridgehead atoms. The van der Waals surface area contributed by atoms with Gasteiger partial charge >= 0.3 is 0 Å². The summed E-state index contributed by atoms with van der Waals surface area (Å²) >= 11 is 5.36. The van der Waals surface area contributed by atoms with Gasteiger partial charge in [0.25, 0.3) is 0 Å². The molecule has 0 fully saturated rings. The number of halogens is 1. The van der Waals surface area contributed by atoms with E-state index in [0.717, 1.165) is 6.54 Å². The van der Waals surface area contributed by atoms with Crippen LogP contribution in [0.25, 0.3) is 0 Å². The molecule has 1 unspecified atom stereocenters. The number of aryl methyl sites for hydroxylation is 1. The molecule has 0 saturated heterocycles. The van der Waals surface area contributed by atoms with Crippen LogP contribution in [0.4, 0.5) is 0 Å². The van der Waals surface area contributed by atoms with E-state index >= 15 is 0 Å². The van der Waals surface area contributed by atoms with Gasteiger partial charge in [0, 0.05) is 22.0 Å². The van der Waals surface area contributed by atoms with E-state index in [-0.39, 0.29) is 0 Å². The van der Waals surface area contributed by atoms with Crippen molar-refractivity contribution in [3.63, 3.8) is 0 Å². The lowest BCUT2D eigenvalue weighted by atomic mass is 10.1. The van der Waals surface area contributed by atoms with Gasteiger partial charge in [0.15, 0.2) is 0 Å². The van der Waals surface area contributed by atoms with Crippen LogP contribution in [-0.4, -0.2) is 6.26 Å². The van der Waals surface area contributed by atoms with E-state index in [9.17, 15) is 0 Å². The van der Waals surface area contributed by atoms with Crippen molar-refractivity contribution in [1.29, 1.82) is 0 Å². The Morgan fingerprint density at radius 2 is 1.85 bits per heavy atom. The van der Waals surface area contributed by atoms with Gasteiger partial charge in [-0.05, 0) is 55.0 Å². The van der Waals surface area contributed by atoms with Crippen LogP contribution in [0, 0.1) is 6.92 Å². The van der Waals surface area contributed by atoms with Gasteiger partial charge in [-0.3, -0.25) is 0 Å². The Bertz CT molecular complexity index is 566. The fourth-order valence-corrected chi connectivity index (χ4v) is 2.86. The molecule has 2 rings (SSSR count). The van der Waals surface area contributed by atoms with Crippen molar-refractivity contribution in [1.82, 2.24) is 5.32 Å². The summed E-state index contributed by atoms with van der Waals surface area (Å²) in [6.45, 7) is 5.19. The second kappa shape index (κ2) is 7.30. The maximum Gasteiger partial charge on any atom is 0.0294 e. The van der Waals surface area contributed by atoms with Gasteiger partial charge in [-0.25, -0.2) is 0 Å². The van der Waals surface area contributed by atoms with Gasteiger partial charge in [-0.2, -0.15) is 0 Å². The molecule has 2 aromatic carbocycles. The Kier molecular flexibility index (Phi) is 5.70. The van der Waals surface area contributed by atoms with Crippen molar-refractivity contribution in [3.8, 4) is 0 Å². The quantitative estimate of drug-likeness (QED) is 0.732. The number of hydrogen-bond donors (Lipinski definition) is 1. The fourth-order valence-electron chi connectivity index (χ4n) is 2.03. The van der Waals surface area contributed by atoms with E-state index in [1.165, 1.54) is 26.1 Å². The third-order valence-electron chi connectivity index (χ3n) is 3.46. The van der Waals surface area contributed by atoms with Crippen molar-refractivity contribution in [2.75, 3.05) is 6.26 Å². The zero-order valence-electron chi connectivity index (χ0n) is 12.1. The SMILES string of the molecule is CSc1ccc(C(C)NCc2ccc(C)c(Br)c2)cc1. The summed E-state index contributed by atoms with van der Waals surface area (Å²) in [6, 6.07) is 15.6. The Morgan fingerprint density at radius 1 is 1.15 bits per heavy atom. The summed E-state index contributed by atoms with van der Waals surface area (Å²) in [5.41, 5.74) is 3.90. The van der Waals surface area contributed by atoms with Gasteiger partial charge in [0.1, 0.15) is 0 Å². The highest BCUT2D eigenvalue weighted by Gasteiger charge is 2.05. The molecule has 0 aliphatic rings. The van der Waals surface area contributed by atoms with Gasteiger partial charge < -0.3 is 5.32 Å². The van der Waals surface area contributed by atoms with Crippen molar-refractivity contribution in [3.05, 3.63) is 63.6 Å². The van der Waals surface area contributed by atoms with E-state index in [2.05, 4.69) is 83.8 Å². The van der Waals surface area contributed by atoms with Crippen molar-refractivity contribution < 1.29 is 0 Å². The minimum Gasteiger partial charge on any atom is -0.306 e. The molecule has 1 atom stereocenters. The summed E-state index contributed by atoms with van der Waals surface area (Å²) in [5, 5.41) is 3.57. The number of benzene rings is 2. The Labute approximate surface area is 134 Å². The largest absolute Gasteiger partial charge is 0.306 e. The minimum absolute atomic E-state index is 0.353. The number of hydrogen-bond acceptors (Lipinski definition) is 2. The van der Waals surface area contributed by atoms with Crippen LogP contribution in [-0.2, 0) is 6.54 Å². The molecule has 1 N–H and O–H groups in total. The van der Waals surface area contributed by atoms with E-state index in [0.29, 0.717) is 6.04 Å². The zero-order valence-corrected chi connectivity index (χ0v) is 14.5. The molecule has 1 nitrogen and oxygen atoms in total. The Morgan fingerprint density at radius 3 is 2.45 bits per heavy atom. The third-order valence-corrected chi connectivity index (χ3v) is 5.06. The summed E-state index contributed by atoms with van der Waals surface area (Å²) in [4.78, 5) is 1.31. The molecular weight excluding hydrogens is 330 g/mol. The van der Waals surface area contributed by atoms with Crippen LogP contribution in [0.1, 0.15) is 29.7 Å². The Hall–Kier alpha value is -0.770. The molecule has 106 valence electrons. The highest BCUT2D eigenvalue weighted by atomic mass is 79.9. The lowest BCUT2D eigenvalue weighted by Gasteiger charge is -2.15. The highest BCUT2D eigenvalue weighted by Crippen LogP contribution is 2.20. The molecule has 0 amide bonds. The monoisotopic (exact) mass is 349 g/mol. The highest BCUT2D eigenvalue weighted by molar-refractivity contribution is 9.10. The molecule has 3 heteroatoms. The first-order chi connectivity index (χ1) is 9.60. The van der Waals surface area contributed by atoms with Crippen molar-refractivity contribution >= 4 is 27.7 Å². The van der Waals surface area contributed by atoms with E-state index in [1.807, 2.05) is 0 Å². The first-order valence-electron chi connectivity index (χ1n) is 6.72. The van der Waals surface area contributed by atoms with Gasteiger partial charge in [-0.1, -0.05) is 40.2 Å². The third kappa shape index (κ3) is 4.11. The first-order valence-corrected chi connectivity index (χ1v) is 8.74. The molecule has 0 aromatic heterocycles. The molecule has 0 aliphatic heterocycles. The summed E-state index contributed by atoms with van der Waals surface area (Å²) in [7, 11) is 0. The lowest BCUT2D eigenvalue weighted by molar-refractivity contribution is 0.574. The summed E-state index contributed by atoms with van der Waals surface area (Å²) in [6.07, 6.45) is 2.10. The minimum atomic E-state index is 0.353. The first kappa shape index (κ1) is 15.6. The summed E-state index contributed by atoms with van der Waals surface area (Å²) in [5.74, 6) is 0. The smallest absolute Gasteiger partial charge is 0.0294 e. The van der Waals surface area contributed by atoms with E-state index in [1.54, 1.807) is 11.8 Å². The molecule has 0 radical (unpaired) electrons. The van der Waals surface area contributed by atoms with Crippen molar-refractivity contribution in [2.24, 2.45) is 0 Å². The van der Waals surface area contributed by atoms with Crippen molar-refractivity contribution in [2.45, 2.75) is 31.3 Å². The average molecular weight is 350 g/mol. The van der Waals surface area contributed by atoms with Crippen LogP contribution in [0.15, 0.2) is 51.8 Å². The van der Waals surface area contributed by atoms with Gasteiger partial charge in [0.2, 0.25) is 0 Å². The molecule has 0 spiro atoms. The van der Waals surface area contributed by atoms with E-state index in [4.69, 9.17) is 0 Å². The average Bonchev–Trinajstić information content (AvgIpc) is 2.48. The topological polar surface area (TPSA) is 12.0 Å². The molecule has 2 aromatic rings. The number of rotatable bonds is 5. The normalized spacial score (nSPS) is 12.4. The number of thioether (sulfide) groups is 1. The second-order valence-electron chi connectivity index (χ2n) is 4.96. The van der Waals surface area contributed by atoms with Crippen LogP contribution < -0.4 is 5.32 Å². The molecule has 0 heterocycles.